The molecule has 2 aromatic heterocycles. The van der Waals surface area contributed by atoms with Crippen LogP contribution in [0, 0.1) is 6.92 Å². The normalized spacial score (nSPS) is 10.4. The molecular weight excluding hydrogens is 256 g/mol. The van der Waals surface area contributed by atoms with Crippen molar-refractivity contribution in [2.75, 3.05) is 26.0 Å². The minimum atomic E-state index is -0.0852. The van der Waals surface area contributed by atoms with Crippen molar-refractivity contribution in [3.63, 3.8) is 0 Å². The summed E-state index contributed by atoms with van der Waals surface area (Å²) in [4.78, 5) is 24.2. The summed E-state index contributed by atoms with van der Waals surface area (Å²) in [6.45, 7) is 2.19. The zero-order chi connectivity index (χ0) is 14.7. The maximum atomic E-state index is 12.3. The summed E-state index contributed by atoms with van der Waals surface area (Å²) in [7, 11) is 5.50. The third-order valence-corrected chi connectivity index (χ3v) is 2.82. The quantitative estimate of drug-likeness (QED) is 0.894. The minimum absolute atomic E-state index is 0.0852. The third kappa shape index (κ3) is 3.11. The molecule has 0 fully saturated rings. The van der Waals surface area contributed by atoms with Crippen molar-refractivity contribution >= 4 is 11.7 Å². The largest absolute Gasteiger partial charge is 0.363 e. The van der Waals surface area contributed by atoms with Crippen molar-refractivity contribution < 1.29 is 4.79 Å². The van der Waals surface area contributed by atoms with Gasteiger partial charge in [-0.1, -0.05) is 0 Å². The van der Waals surface area contributed by atoms with E-state index in [-0.39, 0.29) is 5.91 Å². The summed E-state index contributed by atoms with van der Waals surface area (Å²) >= 11 is 0. The van der Waals surface area contributed by atoms with E-state index in [9.17, 15) is 4.79 Å². The van der Waals surface area contributed by atoms with Crippen molar-refractivity contribution in [1.82, 2.24) is 25.1 Å². The Morgan fingerprint density at radius 1 is 1.35 bits per heavy atom. The Morgan fingerprint density at radius 3 is 2.70 bits per heavy atom. The Balaban J connectivity index is 2.12. The average Bonchev–Trinajstić information content (AvgIpc) is 2.83. The number of aryl methyl sites for hydroxylation is 1. The summed E-state index contributed by atoms with van der Waals surface area (Å²) < 4.78 is 0. The highest BCUT2D eigenvalue weighted by atomic mass is 16.2. The lowest BCUT2D eigenvalue weighted by Gasteiger charge is -2.17. The standard InChI is InChI=1S/C13H18N6O/c1-9-15-11(17-16-9)8-19(4)13(20)10-5-6-14-12(7-10)18(2)3/h5-7H,8H2,1-4H3,(H,15,16,17). The van der Waals surface area contributed by atoms with Crippen molar-refractivity contribution in [2.24, 2.45) is 0 Å². The number of pyridine rings is 1. The van der Waals surface area contributed by atoms with Crippen LogP contribution in [0.3, 0.4) is 0 Å². The number of aromatic amines is 1. The molecule has 7 heteroatoms. The van der Waals surface area contributed by atoms with Crippen molar-refractivity contribution in [3.05, 3.63) is 35.5 Å². The van der Waals surface area contributed by atoms with E-state index in [0.717, 1.165) is 11.6 Å². The van der Waals surface area contributed by atoms with Gasteiger partial charge in [0.05, 0.1) is 6.54 Å². The van der Waals surface area contributed by atoms with Gasteiger partial charge in [0.1, 0.15) is 11.6 Å². The Morgan fingerprint density at radius 2 is 2.10 bits per heavy atom. The van der Waals surface area contributed by atoms with Gasteiger partial charge in [-0.2, -0.15) is 5.10 Å². The fourth-order valence-corrected chi connectivity index (χ4v) is 1.76. The van der Waals surface area contributed by atoms with E-state index in [2.05, 4.69) is 20.2 Å². The van der Waals surface area contributed by atoms with E-state index in [4.69, 9.17) is 0 Å². The molecular formula is C13H18N6O. The van der Waals surface area contributed by atoms with Crippen LogP contribution in [0.5, 0.6) is 0 Å². The van der Waals surface area contributed by atoms with Gasteiger partial charge in [0.15, 0.2) is 5.82 Å². The smallest absolute Gasteiger partial charge is 0.254 e. The van der Waals surface area contributed by atoms with E-state index in [1.165, 1.54) is 0 Å². The molecule has 0 spiro atoms. The summed E-state index contributed by atoms with van der Waals surface area (Å²) in [6.07, 6.45) is 1.63. The molecule has 0 aliphatic heterocycles. The molecule has 7 nitrogen and oxygen atoms in total. The fourth-order valence-electron chi connectivity index (χ4n) is 1.76. The summed E-state index contributed by atoms with van der Waals surface area (Å²) in [6, 6.07) is 3.47. The second-order valence-electron chi connectivity index (χ2n) is 4.80. The van der Waals surface area contributed by atoms with Crippen LogP contribution in [0.2, 0.25) is 0 Å². The SMILES string of the molecule is Cc1nc(CN(C)C(=O)c2ccnc(N(C)C)c2)n[nH]1. The molecule has 0 saturated carbocycles. The highest BCUT2D eigenvalue weighted by Crippen LogP contribution is 2.12. The van der Waals surface area contributed by atoms with Gasteiger partial charge in [0, 0.05) is 32.9 Å². The first-order valence-corrected chi connectivity index (χ1v) is 6.24. The highest BCUT2D eigenvalue weighted by molar-refractivity contribution is 5.94. The summed E-state index contributed by atoms with van der Waals surface area (Å²) in [5.41, 5.74) is 0.596. The van der Waals surface area contributed by atoms with Gasteiger partial charge in [0.25, 0.3) is 5.91 Å². The lowest BCUT2D eigenvalue weighted by atomic mass is 10.2. The second-order valence-corrected chi connectivity index (χ2v) is 4.80. The number of carbonyl (C=O) groups is 1. The molecule has 0 saturated heterocycles. The number of hydrogen-bond acceptors (Lipinski definition) is 5. The fraction of sp³-hybridized carbons (Fsp3) is 0.385. The molecule has 1 amide bonds. The number of amides is 1. The molecule has 2 heterocycles. The lowest BCUT2D eigenvalue weighted by Crippen LogP contribution is -2.27. The van der Waals surface area contributed by atoms with Crippen LogP contribution in [-0.2, 0) is 6.54 Å². The molecule has 0 radical (unpaired) electrons. The molecule has 106 valence electrons. The molecule has 20 heavy (non-hydrogen) atoms. The second kappa shape index (κ2) is 5.68. The first-order chi connectivity index (χ1) is 9.47. The van der Waals surface area contributed by atoms with Crippen LogP contribution in [0.15, 0.2) is 18.3 Å². The zero-order valence-corrected chi connectivity index (χ0v) is 12.1. The lowest BCUT2D eigenvalue weighted by molar-refractivity contribution is 0.0781. The van der Waals surface area contributed by atoms with E-state index >= 15 is 0 Å². The summed E-state index contributed by atoms with van der Waals surface area (Å²) in [5.74, 6) is 2.00. The molecule has 0 aliphatic carbocycles. The molecule has 0 bridgehead atoms. The van der Waals surface area contributed by atoms with Gasteiger partial charge in [-0.3, -0.25) is 9.89 Å². The van der Waals surface area contributed by atoms with Crippen molar-refractivity contribution in [1.29, 1.82) is 0 Å². The molecule has 0 aliphatic rings. The number of hydrogen-bond donors (Lipinski definition) is 1. The molecule has 0 atom stereocenters. The number of rotatable bonds is 4. The van der Waals surface area contributed by atoms with Crippen molar-refractivity contribution in [2.45, 2.75) is 13.5 Å². The van der Waals surface area contributed by atoms with Gasteiger partial charge >= 0.3 is 0 Å². The number of nitrogens with one attached hydrogen (secondary N) is 1. The molecule has 1 N–H and O–H groups in total. The van der Waals surface area contributed by atoms with E-state index in [1.807, 2.05) is 25.9 Å². The number of anilines is 1. The van der Waals surface area contributed by atoms with Crippen LogP contribution in [0.25, 0.3) is 0 Å². The third-order valence-electron chi connectivity index (χ3n) is 2.82. The van der Waals surface area contributed by atoms with Crippen LogP contribution >= 0.6 is 0 Å². The topological polar surface area (TPSA) is 78.0 Å². The van der Waals surface area contributed by atoms with E-state index in [1.54, 1.807) is 30.3 Å². The first-order valence-electron chi connectivity index (χ1n) is 6.24. The highest BCUT2D eigenvalue weighted by Gasteiger charge is 2.15. The molecule has 2 aromatic rings. The van der Waals surface area contributed by atoms with Crippen LogP contribution in [0.1, 0.15) is 22.0 Å². The predicted molar refractivity (Wildman–Crippen MR) is 75.5 cm³/mol. The molecule has 2 rings (SSSR count). The van der Waals surface area contributed by atoms with E-state index < -0.39 is 0 Å². The molecule has 0 aromatic carbocycles. The van der Waals surface area contributed by atoms with Gasteiger partial charge in [-0.25, -0.2) is 9.97 Å². The average molecular weight is 274 g/mol. The Kier molecular flexibility index (Phi) is 3.97. The minimum Gasteiger partial charge on any atom is -0.363 e. The Bertz CT molecular complexity index is 606. The number of H-pyrrole nitrogens is 1. The monoisotopic (exact) mass is 274 g/mol. The van der Waals surface area contributed by atoms with Crippen molar-refractivity contribution in [3.8, 4) is 0 Å². The van der Waals surface area contributed by atoms with Crippen LogP contribution in [0.4, 0.5) is 5.82 Å². The zero-order valence-electron chi connectivity index (χ0n) is 12.1. The number of aromatic nitrogens is 4. The molecule has 0 unspecified atom stereocenters. The van der Waals surface area contributed by atoms with Gasteiger partial charge in [-0.15, -0.1) is 0 Å². The van der Waals surface area contributed by atoms with Crippen LogP contribution in [-0.4, -0.2) is 52.1 Å². The maximum absolute atomic E-state index is 12.3. The Labute approximate surface area is 117 Å². The number of carbonyl (C=O) groups excluding carboxylic acids is 1. The van der Waals surface area contributed by atoms with Gasteiger partial charge in [-0.05, 0) is 19.1 Å². The maximum Gasteiger partial charge on any atom is 0.254 e. The van der Waals surface area contributed by atoms with Gasteiger partial charge in [0.2, 0.25) is 0 Å². The van der Waals surface area contributed by atoms with Gasteiger partial charge < -0.3 is 9.80 Å². The number of nitrogens with zero attached hydrogens (tertiary/aromatic N) is 5. The van der Waals surface area contributed by atoms with Crippen LogP contribution < -0.4 is 4.90 Å². The van der Waals surface area contributed by atoms with E-state index in [0.29, 0.717) is 17.9 Å². The Hall–Kier alpha value is -2.44. The predicted octanol–water partition coefficient (Wildman–Crippen LogP) is 0.846. The first kappa shape index (κ1) is 14.0. The summed E-state index contributed by atoms with van der Waals surface area (Å²) in [5, 5.41) is 6.79.